The molecule has 0 aromatic heterocycles. The smallest absolute Gasteiger partial charge is 0.320 e. The standard InChI is InChI=1S/C31H36FN3O5/c1-37-27-10-5-21(18-28(27)38-2)17-26-25-20-30(40-4)29(39-3)19-22(25)11-12-35(26)31(36)34-15-13-33(14-16-34)24-8-6-23(32)7-9-24/h5-10,18-20,26H,11-17H2,1-4H3. The summed E-state index contributed by atoms with van der Waals surface area (Å²) in [5, 5.41) is 0. The normalized spacial score (nSPS) is 16.8. The van der Waals surface area contributed by atoms with E-state index in [1.807, 2.05) is 40.1 Å². The van der Waals surface area contributed by atoms with Gasteiger partial charge in [0.25, 0.3) is 0 Å². The number of carbonyl (C=O) groups is 1. The van der Waals surface area contributed by atoms with Gasteiger partial charge in [-0.3, -0.25) is 0 Å². The molecular weight excluding hydrogens is 513 g/mol. The molecule has 8 nitrogen and oxygen atoms in total. The summed E-state index contributed by atoms with van der Waals surface area (Å²) in [5.41, 5.74) is 4.20. The average molecular weight is 550 g/mol. The Kier molecular flexibility index (Phi) is 8.19. The molecule has 1 saturated heterocycles. The summed E-state index contributed by atoms with van der Waals surface area (Å²) in [6.45, 7) is 3.15. The summed E-state index contributed by atoms with van der Waals surface area (Å²) in [5.74, 6) is 2.38. The number of halogens is 1. The fourth-order valence-electron chi connectivity index (χ4n) is 5.70. The fraction of sp³-hybridized carbons (Fsp3) is 0.387. The second-order valence-corrected chi connectivity index (χ2v) is 9.99. The first-order valence-electron chi connectivity index (χ1n) is 13.5. The minimum absolute atomic E-state index is 0.0182. The number of hydrogen-bond donors (Lipinski definition) is 0. The lowest BCUT2D eigenvalue weighted by Gasteiger charge is -2.43. The number of rotatable bonds is 7. The van der Waals surface area contributed by atoms with E-state index in [9.17, 15) is 9.18 Å². The molecule has 3 aromatic carbocycles. The van der Waals surface area contributed by atoms with E-state index in [2.05, 4.69) is 4.90 Å². The number of methoxy groups -OCH3 is 4. The van der Waals surface area contributed by atoms with Crippen molar-refractivity contribution in [3.05, 3.63) is 77.1 Å². The van der Waals surface area contributed by atoms with Gasteiger partial charge in [-0.2, -0.15) is 0 Å². The lowest BCUT2D eigenvalue weighted by atomic mass is 9.88. The van der Waals surface area contributed by atoms with Crippen LogP contribution in [0.5, 0.6) is 23.0 Å². The van der Waals surface area contributed by atoms with E-state index in [-0.39, 0.29) is 17.9 Å². The van der Waals surface area contributed by atoms with E-state index < -0.39 is 0 Å². The van der Waals surface area contributed by atoms with Crippen molar-refractivity contribution in [2.45, 2.75) is 18.9 Å². The second-order valence-electron chi connectivity index (χ2n) is 9.99. The first-order chi connectivity index (χ1) is 19.4. The molecule has 2 amide bonds. The van der Waals surface area contributed by atoms with Crippen LogP contribution >= 0.6 is 0 Å². The maximum absolute atomic E-state index is 14.0. The fourth-order valence-corrected chi connectivity index (χ4v) is 5.70. The molecule has 212 valence electrons. The van der Waals surface area contributed by atoms with Gasteiger partial charge in [0, 0.05) is 38.4 Å². The summed E-state index contributed by atoms with van der Waals surface area (Å²) in [6.07, 6.45) is 1.32. The number of nitrogens with zero attached hydrogens (tertiary/aromatic N) is 3. The monoisotopic (exact) mass is 549 g/mol. The summed E-state index contributed by atoms with van der Waals surface area (Å²) < 4.78 is 35.6. The van der Waals surface area contributed by atoms with Crippen molar-refractivity contribution in [1.82, 2.24) is 9.80 Å². The molecule has 1 unspecified atom stereocenters. The Labute approximate surface area is 234 Å². The molecule has 40 heavy (non-hydrogen) atoms. The summed E-state index contributed by atoms with van der Waals surface area (Å²) >= 11 is 0. The largest absolute Gasteiger partial charge is 0.493 e. The van der Waals surface area contributed by atoms with Gasteiger partial charge >= 0.3 is 6.03 Å². The highest BCUT2D eigenvalue weighted by molar-refractivity contribution is 5.76. The molecule has 1 fully saturated rings. The zero-order chi connectivity index (χ0) is 28.2. The predicted octanol–water partition coefficient (Wildman–Crippen LogP) is 4.94. The molecule has 0 saturated carbocycles. The van der Waals surface area contributed by atoms with Crippen LogP contribution in [0, 0.1) is 5.82 Å². The highest BCUT2D eigenvalue weighted by atomic mass is 19.1. The van der Waals surface area contributed by atoms with Crippen LogP contribution in [0.4, 0.5) is 14.9 Å². The van der Waals surface area contributed by atoms with E-state index in [1.165, 1.54) is 12.1 Å². The number of anilines is 1. The molecule has 0 spiro atoms. The van der Waals surface area contributed by atoms with Crippen molar-refractivity contribution in [2.75, 3.05) is 66.1 Å². The first-order valence-corrected chi connectivity index (χ1v) is 13.5. The SMILES string of the molecule is COc1ccc(CC2c3cc(OC)c(OC)cc3CCN2C(=O)N2CCN(c3ccc(F)cc3)CC2)cc1OC. The molecule has 0 N–H and O–H groups in total. The quantitative estimate of drug-likeness (QED) is 0.416. The molecule has 2 aliphatic heterocycles. The van der Waals surface area contributed by atoms with Crippen LogP contribution in [0.25, 0.3) is 0 Å². The first kappa shape index (κ1) is 27.4. The van der Waals surface area contributed by atoms with Gasteiger partial charge in [-0.25, -0.2) is 9.18 Å². The summed E-state index contributed by atoms with van der Waals surface area (Å²) in [7, 11) is 6.50. The van der Waals surface area contributed by atoms with Crippen molar-refractivity contribution in [3.8, 4) is 23.0 Å². The van der Waals surface area contributed by atoms with Crippen LogP contribution in [0.3, 0.4) is 0 Å². The molecule has 0 radical (unpaired) electrons. The molecule has 1 atom stereocenters. The van der Waals surface area contributed by atoms with Crippen molar-refractivity contribution in [2.24, 2.45) is 0 Å². The van der Waals surface area contributed by atoms with Gasteiger partial charge in [0.2, 0.25) is 0 Å². The Hall–Kier alpha value is -4.14. The number of amides is 2. The Bertz CT molecular complexity index is 1340. The van der Waals surface area contributed by atoms with Crippen LogP contribution < -0.4 is 23.8 Å². The lowest BCUT2D eigenvalue weighted by Crippen LogP contribution is -2.54. The van der Waals surface area contributed by atoms with Crippen LogP contribution in [-0.2, 0) is 12.8 Å². The number of hydrogen-bond acceptors (Lipinski definition) is 6. The van der Waals surface area contributed by atoms with Crippen LogP contribution in [0.15, 0.2) is 54.6 Å². The van der Waals surface area contributed by atoms with Gasteiger partial charge in [0.15, 0.2) is 23.0 Å². The van der Waals surface area contributed by atoms with E-state index in [0.29, 0.717) is 62.1 Å². The molecule has 2 heterocycles. The van der Waals surface area contributed by atoms with Crippen molar-refractivity contribution >= 4 is 11.7 Å². The van der Waals surface area contributed by atoms with Crippen molar-refractivity contribution < 1.29 is 28.1 Å². The van der Waals surface area contributed by atoms with Crippen molar-refractivity contribution in [3.63, 3.8) is 0 Å². The molecule has 5 rings (SSSR count). The lowest BCUT2D eigenvalue weighted by molar-refractivity contribution is 0.125. The number of benzene rings is 3. The molecule has 0 bridgehead atoms. The highest BCUT2D eigenvalue weighted by Crippen LogP contribution is 2.41. The van der Waals surface area contributed by atoms with Gasteiger partial charge in [0.1, 0.15) is 5.82 Å². The minimum atomic E-state index is -0.252. The van der Waals surface area contributed by atoms with Gasteiger partial charge in [0.05, 0.1) is 34.5 Å². The van der Waals surface area contributed by atoms with Gasteiger partial charge < -0.3 is 33.6 Å². The highest BCUT2D eigenvalue weighted by Gasteiger charge is 2.35. The van der Waals surface area contributed by atoms with Gasteiger partial charge in [-0.1, -0.05) is 6.07 Å². The summed E-state index contributed by atoms with van der Waals surface area (Å²) in [4.78, 5) is 20.1. The minimum Gasteiger partial charge on any atom is -0.493 e. The van der Waals surface area contributed by atoms with Crippen LogP contribution in [0.1, 0.15) is 22.7 Å². The Morgan fingerprint density at radius 2 is 1.40 bits per heavy atom. The predicted molar refractivity (Wildman–Crippen MR) is 152 cm³/mol. The molecular formula is C31H36FN3O5. The van der Waals surface area contributed by atoms with E-state index in [0.717, 1.165) is 28.8 Å². The third-order valence-electron chi connectivity index (χ3n) is 7.87. The van der Waals surface area contributed by atoms with E-state index in [4.69, 9.17) is 18.9 Å². The number of urea groups is 1. The maximum Gasteiger partial charge on any atom is 0.320 e. The number of fused-ring (bicyclic) bond motifs is 1. The molecule has 3 aromatic rings. The number of ether oxygens (including phenoxy) is 4. The number of carbonyl (C=O) groups excluding carboxylic acids is 1. The zero-order valence-electron chi connectivity index (χ0n) is 23.5. The molecule has 2 aliphatic rings. The molecule has 0 aliphatic carbocycles. The van der Waals surface area contributed by atoms with Gasteiger partial charge in [-0.15, -0.1) is 0 Å². The zero-order valence-corrected chi connectivity index (χ0v) is 23.5. The Morgan fingerprint density at radius 1 is 0.775 bits per heavy atom. The molecule has 9 heteroatoms. The van der Waals surface area contributed by atoms with Crippen LogP contribution in [0.2, 0.25) is 0 Å². The number of piperazine rings is 1. The van der Waals surface area contributed by atoms with Gasteiger partial charge in [-0.05, 0) is 78.1 Å². The summed E-state index contributed by atoms with van der Waals surface area (Å²) in [6, 6.07) is 16.2. The van der Waals surface area contributed by atoms with Crippen molar-refractivity contribution in [1.29, 1.82) is 0 Å². The second kappa shape index (κ2) is 11.9. The van der Waals surface area contributed by atoms with E-state index >= 15 is 0 Å². The van der Waals surface area contributed by atoms with Crippen LogP contribution in [-0.4, -0.2) is 77.0 Å². The third-order valence-corrected chi connectivity index (χ3v) is 7.87. The third kappa shape index (κ3) is 5.46. The van der Waals surface area contributed by atoms with E-state index in [1.54, 1.807) is 40.6 Å². The topological polar surface area (TPSA) is 63.7 Å². The average Bonchev–Trinajstić information content (AvgIpc) is 3.00. The Morgan fingerprint density at radius 3 is 2.05 bits per heavy atom. The maximum atomic E-state index is 14.0. The Balaban J connectivity index is 1.42.